The third kappa shape index (κ3) is 4.70. The molecular weight excluding hydrogens is 426 g/mol. The molecule has 1 aliphatic heterocycles. The molecule has 0 bridgehead atoms. The monoisotopic (exact) mass is 451 g/mol. The van der Waals surface area contributed by atoms with E-state index in [9.17, 15) is 14.4 Å². The lowest BCUT2D eigenvalue weighted by Crippen LogP contribution is -2.34. The molecule has 7 heteroatoms. The minimum atomic E-state index is -0.744. The number of nitrogens with one attached hydrogen (secondary N) is 1. The zero-order chi connectivity index (χ0) is 22.7. The number of aryl methyl sites for hydroxylation is 1. The van der Waals surface area contributed by atoms with Crippen molar-refractivity contribution in [3.8, 4) is 0 Å². The molecule has 1 N–H and O–H groups in total. The molecule has 6 nitrogen and oxygen atoms in total. The largest absolute Gasteiger partial charge is 0.341 e. The van der Waals surface area contributed by atoms with Crippen molar-refractivity contribution < 1.29 is 14.4 Å². The summed E-state index contributed by atoms with van der Waals surface area (Å²) in [6.07, 6.45) is 5.95. The van der Waals surface area contributed by atoms with Crippen molar-refractivity contribution in [1.82, 2.24) is 9.47 Å². The molecular formula is C25H26ClN3O3. The first-order valence-corrected chi connectivity index (χ1v) is 11.3. The number of ketones is 1. The van der Waals surface area contributed by atoms with Crippen LogP contribution in [0.4, 0.5) is 5.69 Å². The number of hydrogen-bond acceptors (Lipinski definition) is 3. The van der Waals surface area contributed by atoms with Crippen LogP contribution in [0.5, 0.6) is 0 Å². The zero-order valence-corrected chi connectivity index (χ0v) is 18.8. The van der Waals surface area contributed by atoms with Crippen molar-refractivity contribution in [3.05, 3.63) is 64.8 Å². The van der Waals surface area contributed by atoms with Crippen LogP contribution < -0.4 is 5.32 Å². The number of carbonyl (C=O) groups excluding carboxylic acids is 3. The van der Waals surface area contributed by atoms with E-state index in [1.165, 1.54) is 0 Å². The molecule has 2 amide bonds. The van der Waals surface area contributed by atoms with E-state index in [0.29, 0.717) is 16.1 Å². The summed E-state index contributed by atoms with van der Waals surface area (Å²) < 4.78 is 1.77. The average Bonchev–Trinajstić information content (AvgIpc) is 2.95. The normalized spacial score (nSPS) is 14.2. The molecule has 0 aliphatic carbocycles. The van der Waals surface area contributed by atoms with Crippen LogP contribution in [0, 0.1) is 6.92 Å². The summed E-state index contributed by atoms with van der Waals surface area (Å²) in [5.41, 5.74) is 2.37. The summed E-state index contributed by atoms with van der Waals surface area (Å²) in [4.78, 5) is 40.5. The first kappa shape index (κ1) is 22.1. The van der Waals surface area contributed by atoms with Crippen LogP contribution in [0.15, 0.2) is 48.7 Å². The summed E-state index contributed by atoms with van der Waals surface area (Å²) in [7, 11) is 0. The van der Waals surface area contributed by atoms with Crippen LogP contribution in [0.3, 0.4) is 0 Å². The van der Waals surface area contributed by atoms with E-state index in [1.54, 1.807) is 35.0 Å². The van der Waals surface area contributed by atoms with E-state index in [4.69, 9.17) is 11.6 Å². The summed E-state index contributed by atoms with van der Waals surface area (Å²) in [6, 6.07) is 12.4. The molecule has 2 heterocycles. The first-order valence-electron chi connectivity index (χ1n) is 10.9. The second kappa shape index (κ2) is 9.57. The van der Waals surface area contributed by atoms with Crippen molar-refractivity contribution >= 4 is 45.8 Å². The van der Waals surface area contributed by atoms with Crippen molar-refractivity contribution in [3.63, 3.8) is 0 Å². The Balaban J connectivity index is 1.57. The number of benzene rings is 2. The fourth-order valence-electron chi connectivity index (χ4n) is 4.11. The Morgan fingerprint density at radius 3 is 2.44 bits per heavy atom. The van der Waals surface area contributed by atoms with Gasteiger partial charge in [0.15, 0.2) is 0 Å². The van der Waals surface area contributed by atoms with Crippen molar-refractivity contribution in [2.45, 2.75) is 39.2 Å². The van der Waals surface area contributed by atoms with Crippen molar-refractivity contribution in [2.24, 2.45) is 0 Å². The van der Waals surface area contributed by atoms with Gasteiger partial charge in [0.25, 0.3) is 11.7 Å². The van der Waals surface area contributed by atoms with E-state index in [0.717, 1.165) is 49.9 Å². The Morgan fingerprint density at radius 2 is 1.72 bits per heavy atom. The minimum absolute atomic E-state index is 0.0328. The molecule has 4 rings (SSSR count). The highest BCUT2D eigenvalue weighted by Gasteiger charge is 2.23. The van der Waals surface area contributed by atoms with Gasteiger partial charge in [-0.05, 0) is 43.5 Å². The molecule has 1 fully saturated rings. The van der Waals surface area contributed by atoms with E-state index in [2.05, 4.69) is 5.32 Å². The topological polar surface area (TPSA) is 71.4 Å². The number of para-hydroxylation sites is 1. The number of carbonyl (C=O) groups is 3. The number of aromatic nitrogens is 1. The van der Waals surface area contributed by atoms with Gasteiger partial charge >= 0.3 is 0 Å². The summed E-state index contributed by atoms with van der Waals surface area (Å²) in [5, 5.41) is 3.79. The van der Waals surface area contributed by atoms with Gasteiger partial charge in [-0.1, -0.05) is 48.7 Å². The highest BCUT2D eigenvalue weighted by Crippen LogP contribution is 2.24. The number of anilines is 1. The first-order chi connectivity index (χ1) is 15.4. The predicted octanol–water partition coefficient (Wildman–Crippen LogP) is 4.83. The quantitative estimate of drug-likeness (QED) is 0.446. The number of Topliss-reactive ketones (excluding diaryl/α,β-unsaturated/α-hetero) is 1. The lowest BCUT2D eigenvalue weighted by molar-refractivity contribution is -0.131. The minimum Gasteiger partial charge on any atom is -0.341 e. The second-order valence-corrected chi connectivity index (χ2v) is 8.64. The van der Waals surface area contributed by atoms with Crippen LogP contribution in [0.25, 0.3) is 10.9 Å². The SMILES string of the molecule is Cc1ccc(NC(=O)C(=O)c2cn(CC(=O)N3CCCCCC3)c3ccccc23)cc1Cl. The Labute approximate surface area is 192 Å². The molecule has 0 spiro atoms. The molecule has 0 unspecified atom stereocenters. The predicted molar refractivity (Wildman–Crippen MR) is 126 cm³/mol. The maximum absolute atomic E-state index is 13.0. The smallest absolute Gasteiger partial charge is 0.296 e. The van der Waals surface area contributed by atoms with Gasteiger partial charge in [-0.3, -0.25) is 14.4 Å². The molecule has 1 saturated heterocycles. The van der Waals surface area contributed by atoms with Crippen LogP contribution >= 0.6 is 11.6 Å². The Morgan fingerprint density at radius 1 is 1.00 bits per heavy atom. The number of rotatable bonds is 5. The molecule has 32 heavy (non-hydrogen) atoms. The molecule has 2 aromatic carbocycles. The summed E-state index contributed by atoms with van der Waals surface area (Å²) >= 11 is 6.12. The lowest BCUT2D eigenvalue weighted by atomic mass is 10.1. The van der Waals surface area contributed by atoms with Crippen LogP contribution in [-0.4, -0.2) is 40.2 Å². The summed E-state index contributed by atoms with van der Waals surface area (Å²) in [5.74, 6) is -1.36. The van der Waals surface area contributed by atoms with Crippen molar-refractivity contribution in [2.75, 3.05) is 18.4 Å². The number of hydrogen-bond donors (Lipinski definition) is 1. The summed E-state index contributed by atoms with van der Waals surface area (Å²) in [6.45, 7) is 3.54. The highest BCUT2D eigenvalue weighted by molar-refractivity contribution is 6.48. The van der Waals surface area contributed by atoms with Gasteiger partial charge in [0, 0.05) is 40.9 Å². The van der Waals surface area contributed by atoms with E-state index >= 15 is 0 Å². The van der Waals surface area contributed by atoms with Gasteiger partial charge in [-0.15, -0.1) is 0 Å². The number of halogens is 1. The third-order valence-electron chi connectivity index (χ3n) is 5.93. The van der Waals surface area contributed by atoms with Crippen molar-refractivity contribution in [1.29, 1.82) is 0 Å². The van der Waals surface area contributed by atoms with Gasteiger partial charge in [0.1, 0.15) is 6.54 Å². The fourth-order valence-corrected chi connectivity index (χ4v) is 4.29. The molecule has 1 aromatic heterocycles. The van der Waals surface area contributed by atoms with E-state index in [1.807, 2.05) is 30.0 Å². The Kier molecular flexibility index (Phi) is 6.61. The average molecular weight is 452 g/mol. The zero-order valence-electron chi connectivity index (χ0n) is 18.1. The van der Waals surface area contributed by atoms with E-state index in [-0.39, 0.29) is 18.0 Å². The number of amides is 2. The van der Waals surface area contributed by atoms with Gasteiger partial charge in [0.2, 0.25) is 5.91 Å². The van der Waals surface area contributed by atoms with Gasteiger partial charge in [-0.25, -0.2) is 0 Å². The third-order valence-corrected chi connectivity index (χ3v) is 6.34. The highest BCUT2D eigenvalue weighted by atomic mass is 35.5. The van der Waals surface area contributed by atoms with Gasteiger partial charge in [0.05, 0.1) is 5.56 Å². The number of nitrogens with zero attached hydrogens (tertiary/aromatic N) is 2. The molecule has 166 valence electrons. The molecule has 1 aliphatic rings. The maximum Gasteiger partial charge on any atom is 0.296 e. The molecule has 0 saturated carbocycles. The maximum atomic E-state index is 13.0. The molecule has 0 radical (unpaired) electrons. The number of likely N-dealkylation sites (tertiary alicyclic amines) is 1. The fraction of sp³-hybridized carbons (Fsp3) is 0.320. The van der Waals surface area contributed by atoms with Gasteiger partial charge < -0.3 is 14.8 Å². The Bertz CT molecular complexity index is 1180. The number of fused-ring (bicyclic) bond motifs is 1. The van der Waals surface area contributed by atoms with Crippen LogP contribution in [0.2, 0.25) is 5.02 Å². The second-order valence-electron chi connectivity index (χ2n) is 8.23. The van der Waals surface area contributed by atoms with Crippen LogP contribution in [0.1, 0.15) is 41.6 Å². The lowest BCUT2D eigenvalue weighted by Gasteiger charge is -2.20. The Hall–Kier alpha value is -3.12. The molecule has 3 aromatic rings. The van der Waals surface area contributed by atoms with Gasteiger partial charge in [-0.2, -0.15) is 0 Å². The van der Waals surface area contributed by atoms with Crippen LogP contribution in [-0.2, 0) is 16.1 Å². The standard InChI is InChI=1S/C25H26ClN3O3/c1-17-10-11-18(14-21(17)26)27-25(32)24(31)20-15-29(22-9-5-4-8-19(20)22)16-23(30)28-12-6-2-3-7-13-28/h4-5,8-11,14-15H,2-3,6-7,12-13,16H2,1H3,(H,27,32). The molecule has 0 atom stereocenters. The van der Waals surface area contributed by atoms with E-state index < -0.39 is 11.7 Å².